The second-order valence-corrected chi connectivity index (χ2v) is 7.43. The van der Waals surface area contributed by atoms with Gasteiger partial charge in [-0.1, -0.05) is 25.6 Å². The van der Waals surface area contributed by atoms with Gasteiger partial charge >= 0.3 is 0 Å². The molecule has 1 aromatic rings. The van der Waals surface area contributed by atoms with E-state index in [1.807, 2.05) is 0 Å². The number of sulfonamides is 1. The first-order chi connectivity index (χ1) is 9.45. The van der Waals surface area contributed by atoms with E-state index in [9.17, 15) is 8.42 Å². The van der Waals surface area contributed by atoms with Crippen LogP contribution in [0.4, 0.5) is 0 Å². The van der Waals surface area contributed by atoms with Gasteiger partial charge in [-0.15, -0.1) is 0 Å². The molecule has 1 fully saturated rings. The largest absolute Gasteiger partial charge is 0.388 e. The quantitative estimate of drug-likeness (QED) is 0.834. The summed E-state index contributed by atoms with van der Waals surface area (Å²) in [5, 5.41) is 0. The number of thiocarbonyl (C=S) groups is 1. The van der Waals surface area contributed by atoms with Gasteiger partial charge in [0.1, 0.15) is 9.88 Å². The normalized spacial score (nSPS) is 20.1. The van der Waals surface area contributed by atoms with Crippen LogP contribution < -0.4 is 5.73 Å². The fourth-order valence-electron chi connectivity index (χ4n) is 2.49. The Kier molecular flexibility index (Phi) is 4.72. The van der Waals surface area contributed by atoms with Crippen LogP contribution in [0.1, 0.15) is 31.9 Å². The summed E-state index contributed by atoms with van der Waals surface area (Å²) in [5.41, 5.74) is 5.89. The lowest BCUT2D eigenvalue weighted by Crippen LogP contribution is -2.29. The predicted molar refractivity (Wildman–Crippen MR) is 81.9 cm³/mol. The lowest BCUT2D eigenvalue weighted by Gasteiger charge is -2.16. The molecule has 2 heterocycles. The van der Waals surface area contributed by atoms with Crippen LogP contribution in [0.25, 0.3) is 0 Å². The number of hydrogen-bond acceptors (Lipinski definition) is 4. The van der Waals surface area contributed by atoms with Gasteiger partial charge in [0.25, 0.3) is 0 Å². The summed E-state index contributed by atoms with van der Waals surface area (Å²) >= 11 is 4.81. The summed E-state index contributed by atoms with van der Waals surface area (Å²) < 4.78 is 26.5. The van der Waals surface area contributed by atoms with Crippen LogP contribution >= 0.6 is 12.2 Å². The molecule has 0 bridgehead atoms. The molecule has 0 spiro atoms. The van der Waals surface area contributed by atoms with Gasteiger partial charge in [-0.25, -0.2) is 8.42 Å². The molecule has 1 aromatic heterocycles. The zero-order valence-corrected chi connectivity index (χ0v) is 13.1. The van der Waals surface area contributed by atoms with Gasteiger partial charge in [0.05, 0.1) is 5.69 Å². The molecule has 2 rings (SSSR count). The van der Waals surface area contributed by atoms with E-state index < -0.39 is 10.0 Å². The smallest absolute Gasteiger partial charge is 0.244 e. The average Bonchev–Trinajstić information content (AvgIpc) is 2.88. The highest BCUT2D eigenvalue weighted by Gasteiger charge is 2.32. The monoisotopic (exact) mass is 313 g/mol. The molecule has 5 nitrogen and oxygen atoms in total. The van der Waals surface area contributed by atoms with Gasteiger partial charge in [-0.2, -0.15) is 4.31 Å². The summed E-state index contributed by atoms with van der Waals surface area (Å²) in [7, 11) is -3.45. The van der Waals surface area contributed by atoms with Crippen molar-refractivity contribution in [3.8, 4) is 0 Å². The number of pyridine rings is 1. The topological polar surface area (TPSA) is 76.3 Å². The van der Waals surface area contributed by atoms with Gasteiger partial charge in [0, 0.05) is 19.3 Å². The summed E-state index contributed by atoms with van der Waals surface area (Å²) in [6, 6.07) is 3.07. The molecule has 20 heavy (non-hydrogen) atoms. The van der Waals surface area contributed by atoms with Crippen molar-refractivity contribution in [2.75, 3.05) is 13.1 Å². The third kappa shape index (κ3) is 3.16. The summed E-state index contributed by atoms with van der Waals surface area (Å²) in [6.07, 6.45) is 4.43. The molecule has 0 aromatic carbocycles. The van der Waals surface area contributed by atoms with E-state index in [2.05, 4.69) is 11.9 Å². The second-order valence-electron chi connectivity index (χ2n) is 5.05. The van der Waals surface area contributed by atoms with Crippen molar-refractivity contribution in [2.24, 2.45) is 11.7 Å². The van der Waals surface area contributed by atoms with Crippen LogP contribution in [-0.4, -0.2) is 35.8 Å². The van der Waals surface area contributed by atoms with Gasteiger partial charge in [-0.3, -0.25) is 4.98 Å². The average molecular weight is 313 g/mol. The number of aromatic nitrogens is 1. The summed E-state index contributed by atoms with van der Waals surface area (Å²) in [6.45, 7) is 3.31. The van der Waals surface area contributed by atoms with Crippen molar-refractivity contribution in [2.45, 2.75) is 31.1 Å². The molecular formula is C13H19N3O2S2. The highest BCUT2D eigenvalue weighted by atomic mass is 32.2. The van der Waals surface area contributed by atoms with E-state index in [4.69, 9.17) is 18.0 Å². The van der Waals surface area contributed by atoms with Gasteiger partial charge < -0.3 is 5.73 Å². The van der Waals surface area contributed by atoms with Crippen molar-refractivity contribution < 1.29 is 8.42 Å². The highest BCUT2D eigenvalue weighted by Crippen LogP contribution is 2.26. The predicted octanol–water partition coefficient (Wildman–Crippen LogP) is 1.53. The maximum absolute atomic E-state index is 12.5. The Morgan fingerprint density at radius 1 is 1.55 bits per heavy atom. The molecule has 1 saturated heterocycles. The fourth-order valence-corrected chi connectivity index (χ4v) is 4.08. The van der Waals surface area contributed by atoms with E-state index in [0.29, 0.717) is 24.7 Å². The Hall–Kier alpha value is -1.05. The lowest BCUT2D eigenvalue weighted by atomic mass is 10.0. The maximum Gasteiger partial charge on any atom is 0.244 e. The van der Waals surface area contributed by atoms with Crippen LogP contribution in [0.5, 0.6) is 0 Å². The Bertz CT molecular complexity index is 584. The van der Waals surface area contributed by atoms with Crippen molar-refractivity contribution in [1.29, 1.82) is 0 Å². The molecule has 1 aliphatic rings. The SMILES string of the molecule is CCCC1CCN(S(=O)(=O)c2ccc(C(N)=S)nc2)C1. The molecule has 0 radical (unpaired) electrons. The Labute approximate surface area is 125 Å². The molecule has 7 heteroatoms. The highest BCUT2D eigenvalue weighted by molar-refractivity contribution is 7.89. The van der Waals surface area contributed by atoms with E-state index in [1.165, 1.54) is 12.3 Å². The van der Waals surface area contributed by atoms with E-state index in [-0.39, 0.29) is 9.88 Å². The zero-order chi connectivity index (χ0) is 14.8. The number of hydrogen-bond donors (Lipinski definition) is 1. The molecule has 1 aliphatic heterocycles. The van der Waals surface area contributed by atoms with Crippen LogP contribution in [0.3, 0.4) is 0 Å². The number of nitrogens with zero attached hydrogens (tertiary/aromatic N) is 2. The minimum atomic E-state index is -3.45. The van der Waals surface area contributed by atoms with Crippen molar-refractivity contribution >= 4 is 27.2 Å². The van der Waals surface area contributed by atoms with Crippen molar-refractivity contribution in [1.82, 2.24) is 9.29 Å². The summed E-state index contributed by atoms with van der Waals surface area (Å²) in [5.74, 6) is 0.471. The van der Waals surface area contributed by atoms with Crippen LogP contribution in [0.15, 0.2) is 23.2 Å². The Morgan fingerprint density at radius 3 is 2.85 bits per heavy atom. The van der Waals surface area contributed by atoms with Crippen molar-refractivity contribution in [3.63, 3.8) is 0 Å². The maximum atomic E-state index is 12.5. The van der Waals surface area contributed by atoms with Crippen LogP contribution in [-0.2, 0) is 10.0 Å². The second kappa shape index (κ2) is 6.15. The van der Waals surface area contributed by atoms with E-state index in [1.54, 1.807) is 10.4 Å². The number of rotatable bonds is 5. The van der Waals surface area contributed by atoms with Gasteiger partial charge in [0.2, 0.25) is 10.0 Å². The molecule has 1 atom stereocenters. The molecule has 110 valence electrons. The third-order valence-corrected chi connectivity index (χ3v) is 5.63. The third-order valence-electron chi connectivity index (χ3n) is 3.57. The molecular weight excluding hydrogens is 294 g/mol. The van der Waals surface area contributed by atoms with Crippen LogP contribution in [0.2, 0.25) is 0 Å². The molecule has 0 saturated carbocycles. The van der Waals surface area contributed by atoms with Gasteiger partial charge in [-0.05, 0) is 30.9 Å². The van der Waals surface area contributed by atoms with E-state index in [0.717, 1.165) is 19.3 Å². The van der Waals surface area contributed by atoms with Crippen molar-refractivity contribution in [3.05, 3.63) is 24.0 Å². The van der Waals surface area contributed by atoms with Gasteiger partial charge in [0.15, 0.2) is 0 Å². The molecule has 1 unspecified atom stereocenters. The molecule has 2 N–H and O–H groups in total. The molecule has 0 aliphatic carbocycles. The molecule has 0 amide bonds. The number of nitrogens with two attached hydrogens (primary N) is 1. The lowest BCUT2D eigenvalue weighted by molar-refractivity contribution is 0.444. The first kappa shape index (κ1) is 15.3. The fraction of sp³-hybridized carbons (Fsp3) is 0.538. The Morgan fingerprint density at radius 2 is 2.30 bits per heavy atom. The first-order valence-corrected chi connectivity index (χ1v) is 8.56. The Balaban J connectivity index is 2.16. The van der Waals surface area contributed by atoms with E-state index >= 15 is 0 Å². The minimum absolute atomic E-state index is 0.165. The zero-order valence-electron chi connectivity index (χ0n) is 11.4. The van der Waals surface area contributed by atoms with Crippen LogP contribution in [0, 0.1) is 5.92 Å². The minimum Gasteiger partial charge on any atom is -0.388 e. The summed E-state index contributed by atoms with van der Waals surface area (Å²) in [4.78, 5) is 4.37. The standard InChI is InChI=1S/C13H19N3O2S2/c1-2-3-10-6-7-16(9-10)20(17,18)11-4-5-12(13(14)19)15-8-11/h4-5,8,10H,2-3,6-7,9H2,1H3,(H2,14,19). The first-order valence-electron chi connectivity index (χ1n) is 6.71.